The molecule has 1 saturated carbocycles. The summed E-state index contributed by atoms with van der Waals surface area (Å²) in [5, 5.41) is 7.67. The van der Waals surface area contributed by atoms with Crippen molar-refractivity contribution in [3.8, 4) is 0 Å². The van der Waals surface area contributed by atoms with Crippen LogP contribution in [0.1, 0.15) is 52.0 Å². The van der Waals surface area contributed by atoms with Crippen LogP contribution in [0.3, 0.4) is 0 Å². The molecule has 0 aliphatic heterocycles. The van der Waals surface area contributed by atoms with Crippen LogP contribution in [-0.4, -0.2) is 30.5 Å². The molecule has 7 heteroatoms. The number of aromatic nitrogens is 2. The summed E-state index contributed by atoms with van der Waals surface area (Å²) in [6.45, 7) is 4.10. The largest absolute Gasteiger partial charge is 0.383 e. The summed E-state index contributed by atoms with van der Waals surface area (Å²) in [7, 11) is -3.39. The SMILES string of the molecule is CCC(CC)n1nc(NC2CCC2)c(S(C)(=O)=O)c1N. The van der Waals surface area contributed by atoms with E-state index in [1.807, 2.05) is 0 Å². The van der Waals surface area contributed by atoms with Crippen molar-refractivity contribution in [3.05, 3.63) is 0 Å². The van der Waals surface area contributed by atoms with Crippen LogP contribution in [-0.2, 0) is 9.84 Å². The van der Waals surface area contributed by atoms with Gasteiger partial charge in [0, 0.05) is 12.3 Å². The third-order valence-electron chi connectivity index (χ3n) is 4.01. The average Bonchev–Trinajstić information content (AvgIpc) is 2.63. The fraction of sp³-hybridized carbons (Fsp3) is 0.769. The normalized spacial score (nSPS) is 16.4. The Morgan fingerprint density at radius 3 is 2.40 bits per heavy atom. The molecule has 0 radical (unpaired) electrons. The Kier molecular flexibility index (Phi) is 4.27. The van der Waals surface area contributed by atoms with Crippen molar-refractivity contribution in [1.82, 2.24) is 9.78 Å². The smallest absolute Gasteiger partial charge is 0.182 e. The second kappa shape index (κ2) is 5.63. The van der Waals surface area contributed by atoms with Gasteiger partial charge in [-0.25, -0.2) is 13.1 Å². The zero-order chi connectivity index (χ0) is 14.9. The highest BCUT2D eigenvalue weighted by Crippen LogP contribution is 2.33. The number of rotatable bonds is 6. The minimum atomic E-state index is -3.39. The Balaban J connectivity index is 2.45. The Morgan fingerprint density at radius 2 is 2.00 bits per heavy atom. The van der Waals surface area contributed by atoms with Gasteiger partial charge >= 0.3 is 0 Å². The summed E-state index contributed by atoms with van der Waals surface area (Å²) in [5.41, 5.74) is 6.06. The molecule has 0 unspecified atom stereocenters. The number of nitrogens with two attached hydrogens (primary N) is 1. The predicted molar refractivity (Wildman–Crippen MR) is 80.6 cm³/mol. The van der Waals surface area contributed by atoms with Gasteiger partial charge < -0.3 is 11.1 Å². The number of nitrogens with one attached hydrogen (secondary N) is 1. The molecule has 1 aliphatic carbocycles. The third-order valence-corrected chi connectivity index (χ3v) is 5.15. The Bertz CT molecular complexity index is 571. The molecular formula is C13H24N4O2S. The first-order valence-corrected chi connectivity index (χ1v) is 9.12. The van der Waals surface area contributed by atoms with Crippen molar-refractivity contribution < 1.29 is 8.42 Å². The summed E-state index contributed by atoms with van der Waals surface area (Å²) in [6.07, 6.45) is 6.21. The number of nitrogen functional groups attached to an aromatic ring is 1. The van der Waals surface area contributed by atoms with E-state index in [9.17, 15) is 8.42 Å². The number of nitrogens with zero attached hydrogens (tertiary/aromatic N) is 2. The van der Waals surface area contributed by atoms with Gasteiger partial charge in [0.2, 0.25) is 0 Å². The topological polar surface area (TPSA) is 90.0 Å². The van der Waals surface area contributed by atoms with Crippen molar-refractivity contribution in [2.45, 2.75) is 62.9 Å². The van der Waals surface area contributed by atoms with Crippen LogP contribution in [0, 0.1) is 0 Å². The molecule has 2 rings (SSSR count). The average molecular weight is 300 g/mol. The van der Waals surface area contributed by atoms with Gasteiger partial charge in [0.05, 0.1) is 6.04 Å². The zero-order valence-corrected chi connectivity index (χ0v) is 13.2. The maximum Gasteiger partial charge on any atom is 0.182 e. The Labute approximate surface area is 120 Å². The number of hydrogen-bond donors (Lipinski definition) is 2. The van der Waals surface area contributed by atoms with Gasteiger partial charge in [0.15, 0.2) is 20.6 Å². The van der Waals surface area contributed by atoms with Gasteiger partial charge in [0.25, 0.3) is 0 Å². The van der Waals surface area contributed by atoms with Crippen LogP contribution in [0.4, 0.5) is 11.6 Å². The molecule has 114 valence electrons. The third kappa shape index (κ3) is 2.77. The first-order valence-electron chi connectivity index (χ1n) is 7.23. The highest BCUT2D eigenvalue weighted by molar-refractivity contribution is 7.91. The summed E-state index contributed by atoms with van der Waals surface area (Å²) in [4.78, 5) is 0.149. The van der Waals surface area contributed by atoms with Crippen molar-refractivity contribution in [1.29, 1.82) is 0 Å². The quantitative estimate of drug-likeness (QED) is 0.840. The van der Waals surface area contributed by atoms with E-state index in [1.54, 1.807) is 4.68 Å². The molecule has 0 amide bonds. The van der Waals surface area contributed by atoms with E-state index >= 15 is 0 Å². The maximum atomic E-state index is 12.0. The van der Waals surface area contributed by atoms with E-state index in [-0.39, 0.29) is 16.8 Å². The molecule has 1 heterocycles. The molecule has 3 N–H and O–H groups in total. The van der Waals surface area contributed by atoms with Gasteiger partial charge in [-0.1, -0.05) is 13.8 Å². The van der Waals surface area contributed by atoms with Crippen LogP contribution < -0.4 is 11.1 Å². The molecule has 0 spiro atoms. The summed E-state index contributed by atoms with van der Waals surface area (Å²) >= 11 is 0. The molecule has 1 fully saturated rings. The van der Waals surface area contributed by atoms with Crippen molar-refractivity contribution in [2.24, 2.45) is 0 Å². The van der Waals surface area contributed by atoms with Crippen LogP contribution in [0.25, 0.3) is 0 Å². The van der Waals surface area contributed by atoms with E-state index < -0.39 is 9.84 Å². The fourth-order valence-corrected chi connectivity index (χ4v) is 3.48. The van der Waals surface area contributed by atoms with Gasteiger partial charge in [-0.3, -0.25) is 0 Å². The predicted octanol–water partition coefficient (Wildman–Crippen LogP) is 2.19. The second-order valence-electron chi connectivity index (χ2n) is 5.52. The lowest BCUT2D eigenvalue weighted by molar-refractivity contribution is 0.427. The standard InChI is InChI=1S/C13H24N4O2S/c1-4-10(5-2)17-12(14)11(20(3,18)19)13(16-17)15-9-7-6-8-9/h9-10H,4-8,14H2,1-3H3,(H,15,16). The highest BCUT2D eigenvalue weighted by Gasteiger charge is 2.29. The molecule has 0 bridgehead atoms. The molecular weight excluding hydrogens is 276 g/mol. The lowest BCUT2D eigenvalue weighted by Gasteiger charge is -2.26. The summed E-state index contributed by atoms with van der Waals surface area (Å²) < 4.78 is 25.7. The van der Waals surface area contributed by atoms with Crippen LogP contribution in [0.5, 0.6) is 0 Å². The molecule has 1 aromatic rings. The van der Waals surface area contributed by atoms with Gasteiger partial charge in [-0.2, -0.15) is 5.10 Å². The van der Waals surface area contributed by atoms with Gasteiger partial charge in [0.1, 0.15) is 5.82 Å². The number of hydrogen-bond acceptors (Lipinski definition) is 5. The zero-order valence-electron chi connectivity index (χ0n) is 12.4. The van der Waals surface area contributed by atoms with Gasteiger partial charge in [-0.05, 0) is 32.1 Å². The Morgan fingerprint density at radius 1 is 1.40 bits per heavy atom. The van der Waals surface area contributed by atoms with E-state index in [4.69, 9.17) is 5.73 Å². The summed E-state index contributed by atoms with van der Waals surface area (Å²) in [5.74, 6) is 0.671. The molecule has 0 saturated heterocycles. The van der Waals surface area contributed by atoms with E-state index in [0.29, 0.717) is 11.9 Å². The molecule has 1 aliphatic rings. The van der Waals surface area contributed by atoms with Crippen LogP contribution in [0.15, 0.2) is 4.90 Å². The lowest BCUT2D eigenvalue weighted by atomic mass is 9.93. The maximum absolute atomic E-state index is 12.0. The highest BCUT2D eigenvalue weighted by atomic mass is 32.2. The molecule has 0 atom stereocenters. The van der Waals surface area contributed by atoms with Crippen molar-refractivity contribution >= 4 is 21.5 Å². The van der Waals surface area contributed by atoms with E-state index in [0.717, 1.165) is 25.7 Å². The lowest BCUT2D eigenvalue weighted by Crippen LogP contribution is -2.28. The monoisotopic (exact) mass is 300 g/mol. The van der Waals surface area contributed by atoms with Crippen LogP contribution in [0.2, 0.25) is 0 Å². The van der Waals surface area contributed by atoms with Crippen molar-refractivity contribution in [2.75, 3.05) is 17.3 Å². The molecule has 6 nitrogen and oxygen atoms in total. The summed E-state index contributed by atoms with van der Waals surface area (Å²) in [6, 6.07) is 0.451. The first-order chi connectivity index (χ1) is 9.38. The first kappa shape index (κ1) is 15.2. The van der Waals surface area contributed by atoms with Crippen molar-refractivity contribution in [3.63, 3.8) is 0 Å². The van der Waals surface area contributed by atoms with Crippen LogP contribution >= 0.6 is 0 Å². The van der Waals surface area contributed by atoms with E-state index in [1.165, 1.54) is 12.7 Å². The molecule has 20 heavy (non-hydrogen) atoms. The Hall–Kier alpha value is -1.24. The molecule has 0 aromatic carbocycles. The van der Waals surface area contributed by atoms with E-state index in [2.05, 4.69) is 24.3 Å². The minimum absolute atomic E-state index is 0.132. The number of sulfone groups is 1. The molecule has 1 aromatic heterocycles. The second-order valence-corrected chi connectivity index (χ2v) is 7.47. The minimum Gasteiger partial charge on any atom is -0.383 e. The van der Waals surface area contributed by atoms with Gasteiger partial charge in [-0.15, -0.1) is 0 Å². The number of anilines is 2. The fourth-order valence-electron chi connectivity index (χ4n) is 2.55.